The van der Waals surface area contributed by atoms with Crippen molar-refractivity contribution in [2.75, 3.05) is 20.3 Å². The monoisotopic (exact) mass is 202 g/mol. The molecular formula is C9H18N2O3. The number of methoxy groups -OCH3 is 1. The van der Waals surface area contributed by atoms with E-state index in [9.17, 15) is 4.79 Å². The molecule has 0 radical (unpaired) electrons. The number of carbonyl (C=O) groups is 1. The Labute approximate surface area is 83.9 Å². The van der Waals surface area contributed by atoms with E-state index in [1.807, 2.05) is 0 Å². The summed E-state index contributed by atoms with van der Waals surface area (Å²) < 4.78 is 4.77. The van der Waals surface area contributed by atoms with E-state index in [-0.39, 0.29) is 17.9 Å². The first-order valence-corrected chi connectivity index (χ1v) is 4.92. The molecule has 0 saturated heterocycles. The lowest BCUT2D eigenvalue weighted by Gasteiger charge is -2.14. The van der Waals surface area contributed by atoms with Crippen LogP contribution in [-0.2, 0) is 14.4 Å². The van der Waals surface area contributed by atoms with Crippen molar-refractivity contribution in [1.29, 1.82) is 0 Å². The lowest BCUT2D eigenvalue weighted by atomic mass is 10.0. The molecule has 1 rings (SSSR count). The maximum absolute atomic E-state index is 11.5. The molecule has 0 aromatic carbocycles. The number of carbonyl (C=O) groups excluding carboxylic acids is 1. The van der Waals surface area contributed by atoms with Gasteiger partial charge in [-0.1, -0.05) is 6.42 Å². The summed E-state index contributed by atoms with van der Waals surface area (Å²) in [6.07, 6.45) is 2.81. The van der Waals surface area contributed by atoms with Crippen LogP contribution >= 0.6 is 0 Å². The molecule has 3 N–H and O–H groups in total. The van der Waals surface area contributed by atoms with E-state index in [0.717, 1.165) is 19.3 Å². The minimum Gasteiger partial charge on any atom is -0.382 e. The first-order valence-electron chi connectivity index (χ1n) is 4.92. The Kier molecular flexibility index (Phi) is 4.86. The summed E-state index contributed by atoms with van der Waals surface area (Å²) in [5.41, 5.74) is 8.16. The van der Waals surface area contributed by atoms with Crippen LogP contribution in [0, 0.1) is 5.92 Å². The summed E-state index contributed by atoms with van der Waals surface area (Å²) in [4.78, 5) is 16.4. The molecule has 0 aromatic rings. The summed E-state index contributed by atoms with van der Waals surface area (Å²) in [5.74, 6) is -0.191. The summed E-state index contributed by atoms with van der Waals surface area (Å²) in [6, 6.07) is -0.0129. The van der Waals surface area contributed by atoms with E-state index < -0.39 is 0 Å². The molecule has 0 spiro atoms. The maximum Gasteiger partial charge on any atom is 0.248 e. The Morgan fingerprint density at radius 3 is 2.86 bits per heavy atom. The third kappa shape index (κ3) is 3.25. The highest BCUT2D eigenvalue weighted by atomic mass is 16.7. The minimum absolute atomic E-state index is 0.0129. The molecule has 1 fully saturated rings. The Morgan fingerprint density at radius 2 is 2.29 bits per heavy atom. The van der Waals surface area contributed by atoms with Gasteiger partial charge in [-0.15, -0.1) is 0 Å². The van der Waals surface area contributed by atoms with Crippen LogP contribution in [0.5, 0.6) is 0 Å². The number of hydrogen-bond donors (Lipinski definition) is 2. The van der Waals surface area contributed by atoms with Crippen molar-refractivity contribution in [2.45, 2.75) is 25.3 Å². The smallest absolute Gasteiger partial charge is 0.248 e. The molecule has 1 amide bonds. The highest BCUT2D eigenvalue weighted by Gasteiger charge is 2.30. The SMILES string of the molecule is COCCONC(=O)C1CCCC1N. The van der Waals surface area contributed by atoms with Crippen molar-refractivity contribution in [2.24, 2.45) is 11.7 Å². The van der Waals surface area contributed by atoms with E-state index in [4.69, 9.17) is 15.3 Å². The lowest BCUT2D eigenvalue weighted by Crippen LogP contribution is -2.38. The number of hydrogen-bond acceptors (Lipinski definition) is 4. The second-order valence-corrected chi connectivity index (χ2v) is 3.51. The van der Waals surface area contributed by atoms with E-state index in [1.54, 1.807) is 7.11 Å². The molecule has 0 aliphatic heterocycles. The maximum atomic E-state index is 11.5. The lowest BCUT2D eigenvalue weighted by molar-refractivity contribution is -0.138. The van der Waals surface area contributed by atoms with Crippen LogP contribution in [-0.4, -0.2) is 32.3 Å². The largest absolute Gasteiger partial charge is 0.382 e. The highest BCUT2D eigenvalue weighted by Crippen LogP contribution is 2.23. The van der Waals surface area contributed by atoms with E-state index in [0.29, 0.717) is 13.2 Å². The van der Waals surface area contributed by atoms with Crippen LogP contribution in [0.25, 0.3) is 0 Å². The first kappa shape index (κ1) is 11.4. The van der Waals surface area contributed by atoms with Crippen molar-refractivity contribution in [3.05, 3.63) is 0 Å². The van der Waals surface area contributed by atoms with Gasteiger partial charge in [0.1, 0.15) is 0 Å². The topological polar surface area (TPSA) is 73.6 Å². The molecule has 2 unspecified atom stereocenters. The van der Waals surface area contributed by atoms with Gasteiger partial charge in [0.15, 0.2) is 0 Å². The molecule has 5 nitrogen and oxygen atoms in total. The number of nitrogens with two attached hydrogens (primary N) is 1. The molecule has 1 aliphatic carbocycles. The summed E-state index contributed by atoms with van der Waals surface area (Å²) in [7, 11) is 1.58. The average Bonchev–Trinajstić information content (AvgIpc) is 2.59. The van der Waals surface area contributed by atoms with Crippen LogP contribution in [0.4, 0.5) is 0 Å². The van der Waals surface area contributed by atoms with Gasteiger partial charge in [0.25, 0.3) is 0 Å². The van der Waals surface area contributed by atoms with Crippen molar-refractivity contribution < 1.29 is 14.4 Å². The van der Waals surface area contributed by atoms with Gasteiger partial charge in [0.05, 0.1) is 19.1 Å². The van der Waals surface area contributed by atoms with Crippen molar-refractivity contribution in [3.8, 4) is 0 Å². The zero-order valence-corrected chi connectivity index (χ0v) is 8.49. The predicted octanol–water partition coefficient (Wildman–Crippen LogP) is -0.192. The van der Waals surface area contributed by atoms with Gasteiger partial charge in [0, 0.05) is 13.2 Å². The van der Waals surface area contributed by atoms with Crippen LogP contribution in [0.2, 0.25) is 0 Å². The fourth-order valence-corrected chi connectivity index (χ4v) is 1.64. The van der Waals surface area contributed by atoms with Gasteiger partial charge in [-0.3, -0.25) is 9.63 Å². The molecule has 0 aromatic heterocycles. The summed E-state index contributed by atoms with van der Waals surface area (Å²) >= 11 is 0. The van der Waals surface area contributed by atoms with Crippen LogP contribution in [0.15, 0.2) is 0 Å². The Balaban J connectivity index is 2.14. The molecule has 2 atom stereocenters. The fraction of sp³-hybridized carbons (Fsp3) is 0.889. The van der Waals surface area contributed by atoms with Crippen LogP contribution in [0.1, 0.15) is 19.3 Å². The van der Waals surface area contributed by atoms with Gasteiger partial charge < -0.3 is 10.5 Å². The molecule has 5 heteroatoms. The van der Waals surface area contributed by atoms with E-state index >= 15 is 0 Å². The number of hydroxylamine groups is 1. The van der Waals surface area contributed by atoms with Gasteiger partial charge >= 0.3 is 0 Å². The molecule has 0 bridgehead atoms. The molecule has 1 saturated carbocycles. The standard InChI is InChI=1S/C9H18N2O3/c1-13-5-6-14-11-9(12)7-3-2-4-8(7)10/h7-8H,2-6,10H2,1H3,(H,11,12). The number of amides is 1. The van der Waals surface area contributed by atoms with Crippen LogP contribution < -0.4 is 11.2 Å². The van der Waals surface area contributed by atoms with Gasteiger partial charge in [-0.05, 0) is 12.8 Å². The second kappa shape index (κ2) is 5.95. The molecular weight excluding hydrogens is 184 g/mol. The number of nitrogens with one attached hydrogen (secondary N) is 1. The summed E-state index contributed by atoms with van der Waals surface area (Å²) in [6.45, 7) is 0.835. The first-order chi connectivity index (χ1) is 6.75. The van der Waals surface area contributed by atoms with Crippen molar-refractivity contribution in [1.82, 2.24) is 5.48 Å². The quantitative estimate of drug-likeness (QED) is 0.478. The molecule has 82 valence electrons. The second-order valence-electron chi connectivity index (χ2n) is 3.51. The fourth-order valence-electron chi connectivity index (χ4n) is 1.64. The number of ether oxygens (including phenoxy) is 1. The highest BCUT2D eigenvalue weighted by molar-refractivity contribution is 5.78. The molecule has 0 heterocycles. The van der Waals surface area contributed by atoms with E-state index in [1.165, 1.54) is 0 Å². The third-order valence-electron chi connectivity index (χ3n) is 2.47. The zero-order chi connectivity index (χ0) is 10.4. The Bertz CT molecular complexity index is 187. The van der Waals surface area contributed by atoms with Crippen molar-refractivity contribution in [3.63, 3.8) is 0 Å². The predicted molar refractivity (Wildman–Crippen MR) is 51.3 cm³/mol. The Hall–Kier alpha value is -0.650. The minimum atomic E-state index is -0.105. The molecule has 1 aliphatic rings. The van der Waals surface area contributed by atoms with Crippen molar-refractivity contribution >= 4 is 5.91 Å². The van der Waals surface area contributed by atoms with Gasteiger partial charge in [0.2, 0.25) is 5.91 Å². The van der Waals surface area contributed by atoms with Gasteiger partial charge in [-0.2, -0.15) is 0 Å². The van der Waals surface area contributed by atoms with Gasteiger partial charge in [-0.25, -0.2) is 5.48 Å². The van der Waals surface area contributed by atoms with E-state index in [2.05, 4.69) is 5.48 Å². The number of rotatable bonds is 5. The summed E-state index contributed by atoms with van der Waals surface area (Å²) in [5, 5.41) is 0. The Morgan fingerprint density at radius 1 is 1.50 bits per heavy atom. The molecule has 14 heavy (non-hydrogen) atoms. The normalized spacial score (nSPS) is 26.4. The zero-order valence-electron chi connectivity index (χ0n) is 8.49. The average molecular weight is 202 g/mol. The third-order valence-corrected chi connectivity index (χ3v) is 2.47. The van der Waals surface area contributed by atoms with Crippen LogP contribution in [0.3, 0.4) is 0 Å².